The molecule has 0 aliphatic rings. The monoisotopic (exact) mass is 150 g/mol. The molecule has 5 heteroatoms. The Morgan fingerprint density at radius 2 is 1.50 bits per heavy atom. The van der Waals surface area contributed by atoms with Gasteiger partial charge in [-0.2, -0.15) is 0 Å². The predicted molar refractivity (Wildman–Crippen MR) is 22.2 cm³/mol. The molecule has 0 rings (SSSR count). The maximum atomic E-state index is 9.45. The maximum Gasteiger partial charge on any atom is 1.00 e. The fourth-order valence-electron chi connectivity index (χ4n) is 0. The summed E-state index contributed by atoms with van der Waals surface area (Å²) in [6, 6.07) is 0. The fourth-order valence-corrected chi connectivity index (χ4v) is 0. The van der Waals surface area contributed by atoms with Crippen LogP contribution in [0.15, 0.2) is 0 Å². The van der Waals surface area contributed by atoms with Gasteiger partial charge in [0.1, 0.15) is 0 Å². The number of rotatable bonds is 0. The van der Waals surface area contributed by atoms with E-state index in [9.17, 15) is 8.42 Å². The second kappa shape index (κ2) is 3.88. The fraction of sp³-hybridized carbons (Fsp3) is 1.00. The molecule has 0 fully saturated rings. The van der Waals surface area contributed by atoms with Crippen molar-refractivity contribution >= 4 is 20.5 Å². The molecule has 0 unspecified atom stereocenters. The first kappa shape index (κ1) is 10.8. The van der Waals surface area contributed by atoms with E-state index < -0.39 is 8.87 Å². The summed E-state index contributed by atoms with van der Waals surface area (Å²) in [6.07, 6.45) is 0.975. The van der Waals surface area contributed by atoms with Crippen LogP contribution in [0.5, 0.6) is 0 Å². The molecule has 0 bridgehead atoms. The van der Waals surface area contributed by atoms with Crippen LogP contribution in [-0.4, -0.2) is 14.7 Å². The van der Waals surface area contributed by atoms with Gasteiger partial charge >= 0.3 is 51.4 Å². The Hall–Kier alpha value is 1.94. The molecule has 0 heterocycles. The summed E-state index contributed by atoms with van der Waals surface area (Å²) < 4.78 is 18.9. The van der Waals surface area contributed by atoms with Crippen LogP contribution in [0.2, 0.25) is 0 Å². The minimum atomic E-state index is -3.08. The van der Waals surface area contributed by atoms with Crippen molar-refractivity contribution in [2.45, 2.75) is 0 Å². The van der Waals surface area contributed by atoms with E-state index in [-0.39, 0.29) is 51.4 Å². The third kappa shape index (κ3) is 38.6. The third-order valence-corrected chi connectivity index (χ3v) is 0. The molecule has 0 saturated carbocycles. The first-order chi connectivity index (χ1) is 2.00. The van der Waals surface area contributed by atoms with E-state index in [2.05, 4.69) is 11.7 Å². The van der Waals surface area contributed by atoms with Crippen molar-refractivity contribution in [1.29, 1.82) is 0 Å². The molecule has 0 aromatic carbocycles. The molecular formula is CH3KO2S2. The molecule has 0 N–H and O–H groups in total. The van der Waals surface area contributed by atoms with Gasteiger partial charge in [-0.1, -0.05) is 0 Å². The van der Waals surface area contributed by atoms with Crippen molar-refractivity contribution in [1.82, 2.24) is 0 Å². The van der Waals surface area contributed by atoms with Crippen LogP contribution in [0.25, 0.3) is 0 Å². The molecule has 6 heavy (non-hydrogen) atoms. The van der Waals surface area contributed by atoms with Crippen molar-refractivity contribution < 1.29 is 59.8 Å². The molecule has 0 amide bonds. The summed E-state index contributed by atoms with van der Waals surface area (Å²) in [5, 5.41) is 0. The third-order valence-electron chi connectivity index (χ3n) is 0. The zero-order valence-electron chi connectivity index (χ0n) is 3.63. The second-order valence-corrected chi connectivity index (χ2v) is 3.93. The smallest absolute Gasteiger partial charge is 0.649 e. The van der Waals surface area contributed by atoms with Crippen LogP contribution in [0, 0.1) is 0 Å². The van der Waals surface area contributed by atoms with Crippen LogP contribution < -0.4 is 51.4 Å². The molecule has 0 saturated heterocycles. The molecule has 0 aliphatic heterocycles. The minimum Gasteiger partial charge on any atom is -0.649 e. The summed E-state index contributed by atoms with van der Waals surface area (Å²) in [4.78, 5) is 0. The summed E-state index contributed by atoms with van der Waals surface area (Å²) in [5.41, 5.74) is 0. The van der Waals surface area contributed by atoms with Crippen LogP contribution in [0.4, 0.5) is 0 Å². The molecule has 0 aromatic heterocycles. The Bertz CT molecular complexity index is 94.7. The average Bonchev–Trinajstić information content (AvgIpc) is 0.722. The normalized spacial score (nSPS) is 9.67. The van der Waals surface area contributed by atoms with E-state index >= 15 is 0 Å². The van der Waals surface area contributed by atoms with Gasteiger partial charge < -0.3 is 11.7 Å². The molecule has 0 atom stereocenters. The molecule has 2 nitrogen and oxygen atoms in total. The van der Waals surface area contributed by atoms with Crippen molar-refractivity contribution in [3.8, 4) is 0 Å². The van der Waals surface area contributed by atoms with Crippen molar-refractivity contribution in [3.63, 3.8) is 0 Å². The van der Waals surface area contributed by atoms with E-state index in [1.54, 1.807) is 0 Å². The maximum absolute atomic E-state index is 9.45. The van der Waals surface area contributed by atoms with E-state index in [4.69, 9.17) is 0 Å². The molecule has 0 radical (unpaired) electrons. The first-order valence-corrected chi connectivity index (χ1v) is 3.72. The van der Waals surface area contributed by atoms with Gasteiger partial charge in [-0.25, -0.2) is 0 Å². The average molecular weight is 150 g/mol. The summed E-state index contributed by atoms with van der Waals surface area (Å²) in [7, 11) is -3.08. The Kier molecular flexibility index (Phi) is 7.01. The zero-order valence-corrected chi connectivity index (χ0v) is 8.39. The quantitative estimate of drug-likeness (QED) is 0.204. The Morgan fingerprint density at radius 3 is 1.50 bits per heavy atom. The van der Waals surface area contributed by atoms with Crippen LogP contribution >= 0.6 is 0 Å². The van der Waals surface area contributed by atoms with Gasteiger partial charge in [-0.05, 0) is 0 Å². The van der Waals surface area contributed by atoms with Crippen LogP contribution in [-0.2, 0) is 20.5 Å². The number of hydrogen-bond donors (Lipinski definition) is 0. The number of hydrogen-bond acceptors (Lipinski definition) is 3. The predicted octanol–water partition coefficient (Wildman–Crippen LogP) is -3.50. The second-order valence-electron chi connectivity index (χ2n) is 0.704. The zero-order chi connectivity index (χ0) is 4.50. The van der Waals surface area contributed by atoms with E-state index in [0.29, 0.717) is 0 Å². The topological polar surface area (TPSA) is 34.1 Å². The van der Waals surface area contributed by atoms with Gasteiger partial charge in [-0.3, -0.25) is 8.42 Å². The molecule has 32 valence electrons. The van der Waals surface area contributed by atoms with Gasteiger partial charge in [0, 0.05) is 15.1 Å². The van der Waals surface area contributed by atoms with Crippen molar-refractivity contribution in [2.24, 2.45) is 0 Å². The van der Waals surface area contributed by atoms with Crippen LogP contribution in [0.3, 0.4) is 0 Å². The van der Waals surface area contributed by atoms with Gasteiger partial charge in [0.25, 0.3) is 0 Å². The first-order valence-electron chi connectivity index (χ1n) is 0.908. The van der Waals surface area contributed by atoms with Gasteiger partial charge in [-0.15, -0.1) is 0 Å². The minimum absolute atomic E-state index is 0. The van der Waals surface area contributed by atoms with Crippen molar-refractivity contribution in [2.75, 3.05) is 6.26 Å². The summed E-state index contributed by atoms with van der Waals surface area (Å²) in [6.45, 7) is 0. The SMILES string of the molecule is CS(=O)(=O)[S-].[K+]. The van der Waals surface area contributed by atoms with Crippen LogP contribution in [0.1, 0.15) is 0 Å². The Morgan fingerprint density at radius 1 is 1.50 bits per heavy atom. The Labute approximate surface area is 84.8 Å². The molecule has 0 spiro atoms. The van der Waals surface area contributed by atoms with Gasteiger partial charge in [0.15, 0.2) is 0 Å². The van der Waals surface area contributed by atoms with E-state index in [1.165, 1.54) is 0 Å². The molecule has 0 aromatic rings. The van der Waals surface area contributed by atoms with E-state index in [1.807, 2.05) is 0 Å². The Balaban J connectivity index is 0. The molecular weight excluding hydrogens is 147 g/mol. The van der Waals surface area contributed by atoms with E-state index in [0.717, 1.165) is 6.26 Å². The summed E-state index contributed by atoms with van der Waals surface area (Å²) >= 11 is 3.80. The van der Waals surface area contributed by atoms with Gasteiger partial charge in [0.05, 0.1) is 0 Å². The molecule has 0 aliphatic carbocycles. The largest absolute Gasteiger partial charge is 1.00 e. The van der Waals surface area contributed by atoms with Crippen molar-refractivity contribution in [3.05, 3.63) is 0 Å². The summed E-state index contributed by atoms with van der Waals surface area (Å²) in [5.74, 6) is 0. The van der Waals surface area contributed by atoms with Gasteiger partial charge in [0.2, 0.25) is 0 Å². The standard InChI is InChI=1S/CH4O2S2.K/c1-5(2,3)4;/h1H3,(H,2,3,4);/q;+1/p-1.